The second kappa shape index (κ2) is 7.30. The van der Waals surface area contributed by atoms with Gasteiger partial charge in [0.05, 0.1) is 11.6 Å². The quantitative estimate of drug-likeness (QED) is 0.764. The lowest BCUT2D eigenvalue weighted by Gasteiger charge is -2.47. The van der Waals surface area contributed by atoms with Gasteiger partial charge in [0, 0.05) is 12.1 Å². The number of allylic oxidation sites excluding steroid dienone is 1. The number of nitrogens with one attached hydrogen (secondary N) is 1. The van der Waals surface area contributed by atoms with Gasteiger partial charge in [0.2, 0.25) is 0 Å². The van der Waals surface area contributed by atoms with Crippen LogP contribution in [-0.2, 0) is 23.9 Å². The predicted octanol–water partition coefficient (Wildman–Crippen LogP) is 2.91. The molecule has 0 unspecified atom stereocenters. The first-order valence-corrected chi connectivity index (χ1v) is 10.6. The van der Waals surface area contributed by atoms with Crippen molar-refractivity contribution in [2.75, 3.05) is 0 Å². The van der Waals surface area contributed by atoms with Crippen LogP contribution < -0.4 is 5.32 Å². The first-order chi connectivity index (χ1) is 14.2. The van der Waals surface area contributed by atoms with Crippen molar-refractivity contribution in [1.29, 1.82) is 0 Å². The van der Waals surface area contributed by atoms with Crippen molar-refractivity contribution < 1.29 is 23.9 Å². The number of Topliss-reactive ketones (excluding diaryl/α,β-unsaturated/α-hetero) is 1. The molecule has 0 aromatic carbocycles. The molecule has 2 saturated heterocycles. The number of ketones is 1. The second-order valence-electron chi connectivity index (χ2n) is 8.76. The molecule has 7 atom stereocenters. The van der Waals surface area contributed by atoms with E-state index in [0.29, 0.717) is 22.7 Å². The van der Waals surface area contributed by atoms with E-state index >= 15 is 0 Å². The molecule has 1 amide bonds. The van der Waals surface area contributed by atoms with Crippen LogP contribution in [0.5, 0.6) is 0 Å². The van der Waals surface area contributed by atoms with E-state index in [9.17, 15) is 14.4 Å². The number of carbonyl (C=O) groups excluding carboxylic acids is 3. The number of esters is 1. The zero-order valence-corrected chi connectivity index (χ0v) is 18.0. The molecule has 0 aliphatic carbocycles. The Morgan fingerprint density at radius 2 is 2.07 bits per heavy atom. The number of nitrogens with zero attached hydrogens (tertiary/aromatic N) is 1. The molecule has 2 bridgehead atoms. The van der Waals surface area contributed by atoms with Gasteiger partial charge in [0.1, 0.15) is 17.8 Å². The van der Waals surface area contributed by atoms with Crippen LogP contribution in [0, 0.1) is 17.8 Å². The van der Waals surface area contributed by atoms with Crippen molar-refractivity contribution in [1.82, 2.24) is 10.3 Å². The number of ether oxygens (including phenoxy) is 2. The Hall–Kier alpha value is -2.54. The summed E-state index contributed by atoms with van der Waals surface area (Å²) in [6, 6.07) is 1.80. The Balaban J connectivity index is 1.89. The van der Waals surface area contributed by atoms with Gasteiger partial charge in [-0.25, -0.2) is 0 Å². The summed E-state index contributed by atoms with van der Waals surface area (Å²) in [6.07, 6.45) is 5.24. The molecular formula is C23H28N2O5. The Kier molecular flexibility index (Phi) is 5.04. The van der Waals surface area contributed by atoms with E-state index in [4.69, 9.17) is 9.47 Å². The summed E-state index contributed by atoms with van der Waals surface area (Å²) in [5, 5.41) is 2.93. The summed E-state index contributed by atoms with van der Waals surface area (Å²) in [7, 11) is 0. The van der Waals surface area contributed by atoms with Crippen LogP contribution in [0.4, 0.5) is 0 Å². The predicted molar refractivity (Wildman–Crippen MR) is 109 cm³/mol. The van der Waals surface area contributed by atoms with Gasteiger partial charge in [-0.1, -0.05) is 33.3 Å². The molecule has 1 aromatic rings. The van der Waals surface area contributed by atoms with Gasteiger partial charge in [-0.2, -0.15) is 0 Å². The fourth-order valence-electron chi connectivity index (χ4n) is 4.77. The number of hydrogen-bond acceptors (Lipinski definition) is 6. The zero-order chi connectivity index (χ0) is 21.8. The van der Waals surface area contributed by atoms with Crippen molar-refractivity contribution in [3.8, 4) is 0 Å². The van der Waals surface area contributed by atoms with E-state index < -0.39 is 35.7 Å². The molecule has 4 heterocycles. The van der Waals surface area contributed by atoms with Crippen LogP contribution in [0.3, 0.4) is 0 Å². The second-order valence-corrected chi connectivity index (χ2v) is 8.76. The number of fused-ring (bicyclic) bond motifs is 3. The molecule has 4 rings (SSSR count). The molecule has 7 nitrogen and oxygen atoms in total. The molecule has 2 fully saturated rings. The number of amides is 1. The lowest BCUT2D eigenvalue weighted by molar-refractivity contribution is -0.215. The Labute approximate surface area is 176 Å². The van der Waals surface area contributed by atoms with Gasteiger partial charge in [-0.15, -0.1) is 0 Å². The Bertz CT molecular complexity index is 942. The largest absolute Gasteiger partial charge is 0.462 e. The number of pyridine rings is 1. The van der Waals surface area contributed by atoms with Crippen LogP contribution in [0.2, 0.25) is 0 Å². The minimum Gasteiger partial charge on any atom is -0.462 e. The molecule has 30 heavy (non-hydrogen) atoms. The molecule has 1 N–H and O–H groups in total. The monoisotopic (exact) mass is 412 g/mol. The number of hydrogen-bond donors (Lipinski definition) is 1. The number of aromatic nitrogens is 1. The summed E-state index contributed by atoms with van der Waals surface area (Å²) in [5.74, 6) is -2.70. The maximum atomic E-state index is 13.0. The minimum absolute atomic E-state index is 0.186. The Morgan fingerprint density at radius 3 is 2.73 bits per heavy atom. The van der Waals surface area contributed by atoms with Gasteiger partial charge >= 0.3 is 5.97 Å². The van der Waals surface area contributed by atoms with E-state index in [1.807, 2.05) is 13.0 Å². The summed E-state index contributed by atoms with van der Waals surface area (Å²) < 4.78 is 11.9. The van der Waals surface area contributed by atoms with Crippen molar-refractivity contribution in [3.63, 3.8) is 0 Å². The van der Waals surface area contributed by atoms with Gasteiger partial charge in [-0.05, 0) is 43.0 Å². The fraction of sp³-hybridized carbons (Fsp3) is 0.565. The first-order valence-electron chi connectivity index (χ1n) is 10.6. The molecule has 0 saturated carbocycles. The van der Waals surface area contributed by atoms with Crippen molar-refractivity contribution in [2.45, 2.75) is 64.9 Å². The molecule has 160 valence electrons. The van der Waals surface area contributed by atoms with Gasteiger partial charge in [-0.3, -0.25) is 19.4 Å². The lowest BCUT2D eigenvalue weighted by atomic mass is 9.69. The third-order valence-corrected chi connectivity index (χ3v) is 6.89. The first kappa shape index (κ1) is 20.7. The molecule has 3 aliphatic rings. The van der Waals surface area contributed by atoms with E-state index in [-0.39, 0.29) is 17.6 Å². The highest BCUT2D eigenvalue weighted by Crippen LogP contribution is 2.53. The minimum atomic E-state index is -1.28. The van der Waals surface area contributed by atoms with Crippen molar-refractivity contribution in [2.24, 2.45) is 17.8 Å². The number of carbonyl (C=O) groups is 3. The lowest BCUT2D eigenvalue weighted by Crippen LogP contribution is -2.65. The molecule has 3 aliphatic heterocycles. The number of rotatable bonds is 4. The highest BCUT2D eigenvalue weighted by atomic mass is 16.6. The van der Waals surface area contributed by atoms with E-state index in [1.165, 1.54) is 6.92 Å². The van der Waals surface area contributed by atoms with Gasteiger partial charge in [0.25, 0.3) is 5.91 Å². The summed E-state index contributed by atoms with van der Waals surface area (Å²) in [6.45, 7) is 9.32. The van der Waals surface area contributed by atoms with Crippen LogP contribution in [-0.4, -0.2) is 34.5 Å². The SMILES string of the molecule is CC[C@@H](C)/C=C/c1cc2c(cn1)[C@H](C(C)=O)[C@H]1C(=O)O[C@H](C)[C@@H](C)[C@]13NC(=O)[C@H]2O3. The van der Waals surface area contributed by atoms with Crippen LogP contribution in [0.25, 0.3) is 6.08 Å². The highest BCUT2D eigenvalue weighted by molar-refractivity contribution is 5.95. The standard InChI is InChI=1S/C23H28N2O5/c1-6-11(2)7-8-15-9-16-17(10-24-15)18(13(4)26)19-22(28)29-14(5)12(3)23(19)25-21(27)20(16)30-23/h7-12,14,18-20H,6H2,1-5H3,(H,25,27)/b8-7+/t11-,12-,14-,18+,19+,20+,23-/m1/s1. The topological polar surface area (TPSA) is 94.6 Å². The summed E-state index contributed by atoms with van der Waals surface area (Å²) in [5.41, 5.74) is 0.556. The van der Waals surface area contributed by atoms with Gasteiger partial charge < -0.3 is 14.8 Å². The van der Waals surface area contributed by atoms with Crippen molar-refractivity contribution in [3.05, 3.63) is 35.2 Å². The molecule has 0 radical (unpaired) electrons. The third kappa shape index (κ3) is 2.98. The average Bonchev–Trinajstić information content (AvgIpc) is 2.97. The van der Waals surface area contributed by atoms with E-state index in [1.54, 1.807) is 19.2 Å². The number of cyclic esters (lactones) is 1. The fourth-order valence-corrected chi connectivity index (χ4v) is 4.77. The van der Waals surface area contributed by atoms with E-state index in [0.717, 1.165) is 6.42 Å². The van der Waals surface area contributed by atoms with E-state index in [2.05, 4.69) is 30.2 Å². The summed E-state index contributed by atoms with van der Waals surface area (Å²) in [4.78, 5) is 43.2. The molecule has 7 heteroatoms. The van der Waals surface area contributed by atoms with Crippen LogP contribution >= 0.6 is 0 Å². The molecule has 1 aromatic heterocycles. The molecular weight excluding hydrogens is 384 g/mol. The summed E-state index contributed by atoms with van der Waals surface area (Å²) >= 11 is 0. The molecule has 1 spiro atoms. The maximum absolute atomic E-state index is 13.0. The highest BCUT2D eigenvalue weighted by Gasteiger charge is 2.66. The normalized spacial score (nSPS) is 35.8. The third-order valence-electron chi connectivity index (χ3n) is 6.89. The Morgan fingerprint density at radius 1 is 1.33 bits per heavy atom. The average molecular weight is 412 g/mol. The van der Waals surface area contributed by atoms with Crippen LogP contribution in [0.1, 0.15) is 69.9 Å². The zero-order valence-electron chi connectivity index (χ0n) is 18.0. The smallest absolute Gasteiger partial charge is 0.315 e. The van der Waals surface area contributed by atoms with Crippen molar-refractivity contribution >= 4 is 23.7 Å². The van der Waals surface area contributed by atoms with Gasteiger partial charge in [0.15, 0.2) is 11.8 Å². The maximum Gasteiger partial charge on any atom is 0.315 e. The van der Waals surface area contributed by atoms with Crippen LogP contribution in [0.15, 0.2) is 18.3 Å².